The molecule has 9 rings (SSSR count). The number of H-pyrrole nitrogens is 1. The first-order valence-electron chi connectivity index (χ1n) is 23.7. The average Bonchev–Trinajstić information content (AvgIpc) is 3.99. The minimum Gasteiger partial charge on any atom is -0.508 e. The van der Waals surface area contributed by atoms with E-state index in [9.17, 15) is 25.5 Å². The van der Waals surface area contributed by atoms with Gasteiger partial charge in [0.15, 0.2) is 23.0 Å². The summed E-state index contributed by atoms with van der Waals surface area (Å²) in [6.45, 7) is 3.08. The van der Waals surface area contributed by atoms with Gasteiger partial charge in [0, 0.05) is 41.9 Å². The number of Topliss-reactive ketones (excluding diaryl/α,β-unsaturated/α-hetero) is 1. The second-order valence-electron chi connectivity index (χ2n) is 19.2. The van der Waals surface area contributed by atoms with Crippen LogP contribution >= 0.6 is 0 Å². The highest BCUT2D eigenvalue weighted by Gasteiger charge is 2.55. The van der Waals surface area contributed by atoms with Crippen LogP contribution in [0.25, 0.3) is 10.8 Å². The van der Waals surface area contributed by atoms with Crippen LogP contribution in [-0.2, 0) is 24.1 Å². The quantitative estimate of drug-likeness (QED) is 0.0471. The SMILES string of the molecule is COc1cc(CCC(O)C2C(=O)CC(c3cc(O)c(O)c(OCC4C=CCC(C)C4)c3)CCc3c(ccc4cc(O)ccc34)NC3=CC(=CCN3)C23CCCC3Cc2ccc[nH]2)ccc1O. The van der Waals surface area contributed by atoms with Gasteiger partial charge < -0.3 is 50.6 Å². The Morgan fingerprint density at radius 3 is 2.65 bits per heavy atom. The van der Waals surface area contributed by atoms with Gasteiger partial charge in [0.05, 0.1) is 25.7 Å². The molecule has 2 aliphatic carbocycles. The molecule has 0 amide bonds. The van der Waals surface area contributed by atoms with Gasteiger partial charge in [-0.3, -0.25) is 4.79 Å². The molecule has 2 aliphatic heterocycles. The zero-order chi connectivity index (χ0) is 46.0. The van der Waals surface area contributed by atoms with E-state index in [0.29, 0.717) is 68.9 Å². The third-order valence-electron chi connectivity index (χ3n) is 14.9. The van der Waals surface area contributed by atoms with Crippen LogP contribution in [0.5, 0.6) is 34.5 Å². The standard InChI is InChI=1S/C55H63N3O8/c1-33-6-3-7-35(24-33)32-66-51-29-38(28-49(63)54(51)64)36-12-15-44-43-16-14-42(59)26-37(43)13-17-45(44)58-52-31-40(20-23-57-52)55(21-4-8-39(55)30-41-9-5-22-56-41)53(48(62)27-36)47(61)19-11-34-10-18-46(60)50(25-34)65-2/h3,5,7,9-10,13-14,16-18,20,22,25-26,28-29,31,33,35-36,39,47,53,56-61,63-64H,4,6,8,11-12,15,19,21,23-24,27,30,32H2,1-2H3. The fourth-order valence-corrected chi connectivity index (χ4v) is 11.7. The Balaban J connectivity index is 1.17. The number of aliphatic hydroxyl groups is 1. The Kier molecular flexibility index (Phi) is 13.1. The van der Waals surface area contributed by atoms with Crippen LogP contribution in [0.3, 0.4) is 0 Å². The second-order valence-corrected chi connectivity index (χ2v) is 19.2. The van der Waals surface area contributed by atoms with Crippen molar-refractivity contribution < 1.29 is 39.8 Å². The van der Waals surface area contributed by atoms with Crippen molar-refractivity contribution in [2.24, 2.45) is 29.1 Å². The highest BCUT2D eigenvalue weighted by atomic mass is 16.5. The van der Waals surface area contributed by atoms with Crippen molar-refractivity contribution in [3.05, 3.63) is 137 Å². The molecule has 346 valence electrons. The number of nitrogens with one attached hydrogen (secondary N) is 3. The molecule has 4 aliphatic rings. The second kappa shape index (κ2) is 19.3. The Bertz CT molecular complexity index is 2650. The van der Waals surface area contributed by atoms with Crippen LogP contribution < -0.4 is 20.1 Å². The molecule has 7 atom stereocenters. The summed E-state index contributed by atoms with van der Waals surface area (Å²) in [5, 5.41) is 65.5. The van der Waals surface area contributed by atoms with Gasteiger partial charge in [0.25, 0.3) is 0 Å². The van der Waals surface area contributed by atoms with Gasteiger partial charge in [-0.1, -0.05) is 49.8 Å². The van der Waals surface area contributed by atoms with Gasteiger partial charge in [0.1, 0.15) is 17.4 Å². The van der Waals surface area contributed by atoms with E-state index in [1.807, 2.05) is 36.5 Å². The number of carbonyl (C=O) groups excluding carboxylic acids is 1. The number of methoxy groups -OCH3 is 1. The fourth-order valence-electron chi connectivity index (χ4n) is 11.7. The van der Waals surface area contributed by atoms with Crippen molar-refractivity contribution >= 4 is 22.2 Å². The number of hydrogen-bond acceptors (Lipinski definition) is 10. The van der Waals surface area contributed by atoms with Crippen LogP contribution in [0.15, 0.2) is 115 Å². The number of dihydropyridines is 1. The van der Waals surface area contributed by atoms with Crippen molar-refractivity contribution in [3.63, 3.8) is 0 Å². The first kappa shape index (κ1) is 44.9. The summed E-state index contributed by atoms with van der Waals surface area (Å²) in [6.07, 6.45) is 16.5. The molecule has 1 aromatic heterocycles. The number of aromatic nitrogens is 1. The summed E-state index contributed by atoms with van der Waals surface area (Å²) >= 11 is 0. The molecule has 66 heavy (non-hydrogen) atoms. The third kappa shape index (κ3) is 9.23. The largest absolute Gasteiger partial charge is 0.508 e. The van der Waals surface area contributed by atoms with Crippen molar-refractivity contribution in [3.8, 4) is 34.5 Å². The number of hydrogen-bond donors (Lipinski definition) is 8. The summed E-state index contributed by atoms with van der Waals surface area (Å²) in [4.78, 5) is 19.4. The smallest absolute Gasteiger partial charge is 0.200 e. The van der Waals surface area contributed by atoms with Gasteiger partial charge in [-0.15, -0.1) is 0 Å². The van der Waals surface area contributed by atoms with Crippen molar-refractivity contribution in [2.45, 2.75) is 89.6 Å². The Morgan fingerprint density at radius 2 is 1.83 bits per heavy atom. The molecule has 0 saturated heterocycles. The number of anilines is 1. The van der Waals surface area contributed by atoms with Crippen molar-refractivity contribution in [2.75, 3.05) is 25.6 Å². The average molecular weight is 894 g/mol. The Labute approximate surface area is 386 Å². The maximum absolute atomic E-state index is 16.0. The number of aliphatic hydroxyl groups excluding tert-OH is 1. The number of phenols is 4. The van der Waals surface area contributed by atoms with E-state index in [0.717, 1.165) is 70.4 Å². The molecule has 2 bridgehead atoms. The van der Waals surface area contributed by atoms with E-state index < -0.39 is 23.4 Å². The number of aryl methyl sites for hydroxylation is 2. The van der Waals surface area contributed by atoms with Gasteiger partial charge in [0.2, 0.25) is 5.75 Å². The van der Waals surface area contributed by atoms with Crippen LogP contribution in [0.4, 0.5) is 5.69 Å². The van der Waals surface area contributed by atoms with Gasteiger partial charge in [-0.2, -0.15) is 0 Å². The van der Waals surface area contributed by atoms with Crippen molar-refractivity contribution in [1.29, 1.82) is 0 Å². The van der Waals surface area contributed by atoms with E-state index in [1.165, 1.54) is 7.11 Å². The molecule has 1 saturated carbocycles. The number of fused-ring (bicyclic) bond motifs is 5. The van der Waals surface area contributed by atoms with E-state index in [2.05, 4.69) is 52.9 Å². The lowest BCUT2D eigenvalue weighted by atomic mass is 9.58. The number of aromatic amines is 1. The molecule has 0 radical (unpaired) electrons. The molecule has 3 heterocycles. The van der Waals surface area contributed by atoms with Crippen LogP contribution in [0, 0.1) is 29.1 Å². The molecular weight excluding hydrogens is 831 g/mol. The lowest BCUT2D eigenvalue weighted by Crippen LogP contribution is -2.48. The van der Waals surface area contributed by atoms with E-state index >= 15 is 4.79 Å². The predicted molar refractivity (Wildman–Crippen MR) is 257 cm³/mol. The van der Waals surface area contributed by atoms with Gasteiger partial charge in [-0.25, -0.2) is 0 Å². The highest BCUT2D eigenvalue weighted by molar-refractivity contribution is 5.91. The maximum atomic E-state index is 16.0. The summed E-state index contributed by atoms with van der Waals surface area (Å²) < 4.78 is 11.7. The summed E-state index contributed by atoms with van der Waals surface area (Å²) in [5.74, 6) is 0.237. The molecule has 7 unspecified atom stereocenters. The number of benzene rings is 4. The van der Waals surface area contributed by atoms with Crippen LogP contribution in [0.1, 0.15) is 86.6 Å². The lowest BCUT2D eigenvalue weighted by Gasteiger charge is -2.46. The molecule has 5 aromatic rings. The van der Waals surface area contributed by atoms with E-state index in [4.69, 9.17) is 9.47 Å². The maximum Gasteiger partial charge on any atom is 0.200 e. The van der Waals surface area contributed by atoms with Crippen molar-refractivity contribution in [1.82, 2.24) is 10.3 Å². The third-order valence-corrected chi connectivity index (χ3v) is 14.9. The number of rotatable bonds is 11. The fraction of sp³-hybridized carbons (Fsp3) is 0.400. The Hall–Kier alpha value is -6.33. The number of ketones is 1. The van der Waals surface area contributed by atoms with E-state index in [-0.39, 0.29) is 52.8 Å². The Morgan fingerprint density at radius 1 is 0.955 bits per heavy atom. The molecule has 8 N–H and O–H groups in total. The zero-order valence-corrected chi connectivity index (χ0v) is 37.9. The summed E-state index contributed by atoms with van der Waals surface area (Å²) in [5.41, 5.74) is 4.80. The van der Waals surface area contributed by atoms with E-state index in [1.54, 1.807) is 36.4 Å². The molecule has 4 aromatic carbocycles. The highest BCUT2D eigenvalue weighted by Crippen LogP contribution is 2.58. The zero-order valence-electron chi connectivity index (χ0n) is 37.9. The van der Waals surface area contributed by atoms with Gasteiger partial charge in [-0.05, 0) is 169 Å². The first-order chi connectivity index (χ1) is 32.0. The molecule has 1 fully saturated rings. The van der Waals surface area contributed by atoms with Gasteiger partial charge >= 0.3 is 0 Å². The topological polar surface area (TPSA) is 177 Å². The van der Waals surface area contributed by atoms with Crippen LogP contribution in [0.2, 0.25) is 0 Å². The number of phenolic OH excluding ortho intramolecular Hbond substituents is 4. The lowest BCUT2D eigenvalue weighted by molar-refractivity contribution is -0.134. The molecule has 11 nitrogen and oxygen atoms in total. The molecular formula is C55H63N3O8. The monoisotopic (exact) mass is 893 g/mol. The number of ether oxygens (including phenoxy) is 2. The minimum atomic E-state index is -1.04. The predicted octanol–water partition coefficient (Wildman–Crippen LogP) is 10.1. The molecule has 11 heteroatoms. The summed E-state index contributed by atoms with van der Waals surface area (Å²) in [7, 11) is 1.51. The summed E-state index contributed by atoms with van der Waals surface area (Å²) in [6, 6.07) is 22.1. The first-order valence-corrected chi connectivity index (χ1v) is 23.7. The number of allylic oxidation sites excluding steroid dienone is 3. The minimum absolute atomic E-state index is 0.0112. The number of carbonyl (C=O) groups is 1. The normalized spacial score (nSPS) is 24.8. The number of aromatic hydroxyl groups is 4. The van der Waals surface area contributed by atoms with Crippen LogP contribution in [-0.4, -0.2) is 62.7 Å². The molecule has 1 spiro atoms.